The Morgan fingerprint density at radius 3 is 2.91 bits per heavy atom. The van der Waals surface area contributed by atoms with Gasteiger partial charge in [-0.05, 0) is 35.5 Å². The van der Waals surface area contributed by atoms with E-state index in [1.54, 1.807) is 24.5 Å². The third kappa shape index (κ3) is 1.72. The van der Waals surface area contributed by atoms with E-state index >= 15 is 0 Å². The van der Waals surface area contributed by atoms with Gasteiger partial charge in [0.25, 0.3) is 0 Å². The zero-order valence-electron chi connectivity index (χ0n) is 11.7. The molecule has 110 valence electrons. The Morgan fingerprint density at radius 2 is 2.09 bits per heavy atom. The maximum atomic E-state index is 13.2. The minimum absolute atomic E-state index is 0.00737. The summed E-state index contributed by atoms with van der Waals surface area (Å²) in [6, 6.07) is 5.65. The van der Waals surface area contributed by atoms with Gasteiger partial charge in [0.1, 0.15) is 5.82 Å². The predicted molar refractivity (Wildman–Crippen MR) is 82.5 cm³/mol. The summed E-state index contributed by atoms with van der Waals surface area (Å²) in [6.45, 7) is 0.510. The van der Waals surface area contributed by atoms with Crippen LogP contribution in [-0.4, -0.2) is 24.7 Å². The van der Waals surface area contributed by atoms with E-state index < -0.39 is 11.5 Å². The molecule has 5 heteroatoms. The number of rotatable bonds is 1. The minimum Gasteiger partial charge on any atom is -0.379 e. The lowest BCUT2D eigenvalue weighted by Gasteiger charge is -2.30. The third-order valence-corrected chi connectivity index (χ3v) is 4.36. The van der Waals surface area contributed by atoms with Gasteiger partial charge in [-0.15, -0.1) is 0 Å². The van der Waals surface area contributed by atoms with Crippen LogP contribution in [0.2, 0.25) is 0 Å². The van der Waals surface area contributed by atoms with Crippen molar-refractivity contribution in [3.8, 4) is 0 Å². The average molecular weight is 295 g/mol. The van der Waals surface area contributed by atoms with Crippen molar-refractivity contribution in [1.29, 1.82) is 0 Å². The summed E-state index contributed by atoms with van der Waals surface area (Å²) in [7, 11) is 0. The molecule has 2 atom stereocenters. The molecule has 0 fully saturated rings. The Hall–Kier alpha value is -2.53. The molecule has 4 nitrogen and oxygen atoms in total. The first-order valence-corrected chi connectivity index (χ1v) is 7.13. The maximum Gasteiger partial charge on any atom is 0.182 e. The molecule has 0 radical (unpaired) electrons. The van der Waals surface area contributed by atoms with Gasteiger partial charge in [-0.2, -0.15) is 0 Å². The lowest BCUT2D eigenvalue weighted by Crippen LogP contribution is -2.48. The minimum atomic E-state index is -0.584. The molecule has 1 spiro atoms. The number of carbonyl (C=O) groups excluding carboxylic acids is 1. The number of halogens is 1. The molecule has 4 rings (SSSR count). The number of allylic oxidation sites excluding steroid dienone is 1. The number of benzene rings is 1. The molecule has 1 aromatic rings. The van der Waals surface area contributed by atoms with Gasteiger partial charge in [-0.3, -0.25) is 15.1 Å². The molecule has 2 aliphatic heterocycles. The molecular formula is C17H14FN3O. The Morgan fingerprint density at radius 1 is 1.27 bits per heavy atom. The molecule has 0 amide bonds. The molecule has 3 aliphatic rings. The van der Waals surface area contributed by atoms with Crippen LogP contribution in [0.15, 0.2) is 59.4 Å². The van der Waals surface area contributed by atoms with Crippen LogP contribution in [0.4, 0.5) is 4.39 Å². The van der Waals surface area contributed by atoms with Gasteiger partial charge in [-0.1, -0.05) is 18.2 Å². The molecule has 0 saturated carbocycles. The van der Waals surface area contributed by atoms with E-state index in [4.69, 9.17) is 0 Å². The molecule has 2 unspecified atom stereocenters. The van der Waals surface area contributed by atoms with Crippen LogP contribution >= 0.6 is 0 Å². The van der Waals surface area contributed by atoms with Crippen LogP contribution in [-0.2, 0) is 4.79 Å². The van der Waals surface area contributed by atoms with Gasteiger partial charge in [0, 0.05) is 18.0 Å². The van der Waals surface area contributed by atoms with Crippen LogP contribution in [0.25, 0.3) is 5.57 Å². The van der Waals surface area contributed by atoms with Gasteiger partial charge in [-0.25, -0.2) is 4.39 Å². The van der Waals surface area contributed by atoms with Crippen molar-refractivity contribution in [2.75, 3.05) is 6.67 Å². The number of hydrogen-bond donors (Lipinski definition) is 2. The number of aliphatic imine (C=N–C) groups is 1. The summed E-state index contributed by atoms with van der Waals surface area (Å²) in [5.74, 6) is -0.306. The molecule has 22 heavy (non-hydrogen) atoms. The molecule has 2 heterocycles. The largest absolute Gasteiger partial charge is 0.379 e. The Labute approximate surface area is 127 Å². The van der Waals surface area contributed by atoms with Crippen molar-refractivity contribution in [2.45, 2.75) is 6.04 Å². The van der Waals surface area contributed by atoms with Crippen LogP contribution in [0.5, 0.6) is 0 Å². The number of carbonyl (C=O) groups is 1. The zero-order valence-corrected chi connectivity index (χ0v) is 11.7. The van der Waals surface area contributed by atoms with E-state index in [-0.39, 0.29) is 11.6 Å². The van der Waals surface area contributed by atoms with Crippen LogP contribution in [0.3, 0.4) is 0 Å². The normalized spacial score (nSPS) is 29.1. The van der Waals surface area contributed by atoms with Gasteiger partial charge < -0.3 is 5.32 Å². The van der Waals surface area contributed by atoms with Crippen LogP contribution in [0.1, 0.15) is 5.56 Å². The molecule has 0 bridgehead atoms. The molecule has 0 saturated heterocycles. The van der Waals surface area contributed by atoms with E-state index in [0.29, 0.717) is 12.2 Å². The summed E-state index contributed by atoms with van der Waals surface area (Å²) in [5, 5.41) is 6.31. The van der Waals surface area contributed by atoms with Crippen LogP contribution < -0.4 is 10.6 Å². The first kappa shape index (κ1) is 13.2. The van der Waals surface area contributed by atoms with Crippen molar-refractivity contribution in [2.24, 2.45) is 10.4 Å². The summed E-state index contributed by atoms with van der Waals surface area (Å²) in [5.41, 5.74) is 1.68. The standard InChI is InChI=1S/C17H14FN3O/c18-12-3-1-11(2-4-12)14-13-5-7-19-9-17(13)6-8-20-10-21-16(17)15(14)22/h1-9,16,20-21H,10H2. The van der Waals surface area contributed by atoms with Gasteiger partial charge in [0.05, 0.1) is 18.1 Å². The third-order valence-electron chi connectivity index (χ3n) is 4.36. The summed E-state index contributed by atoms with van der Waals surface area (Å²) in [6.07, 6.45) is 9.17. The number of nitrogens with one attached hydrogen (secondary N) is 2. The molecule has 1 aromatic carbocycles. The average Bonchev–Trinajstić information content (AvgIpc) is 2.65. The van der Waals surface area contributed by atoms with Gasteiger partial charge in [0.2, 0.25) is 0 Å². The molecule has 1 aliphatic carbocycles. The maximum absolute atomic E-state index is 13.2. The van der Waals surface area contributed by atoms with E-state index in [2.05, 4.69) is 15.6 Å². The van der Waals surface area contributed by atoms with E-state index in [1.165, 1.54) is 12.1 Å². The number of ketones is 1. The Kier molecular flexibility index (Phi) is 2.84. The van der Waals surface area contributed by atoms with E-state index in [0.717, 1.165) is 11.1 Å². The van der Waals surface area contributed by atoms with Crippen molar-refractivity contribution in [1.82, 2.24) is 10.6 Å². The van der Waals surface area contributed by atoms with Crippen molar-refractivity contribution in [3.63, 3.8) is 0 Å². The summed E-state index contributed by atoms with van der Waals surface area (Å²) in [4.78, 5) is 17.2. The molecule has 2 N–H and O–H groups in total. The topological polar surface area (TPSA) is 53.5 Å². The van der Waals surface area contributed by atoms with Crippen molar-refractivity contribution < 1.29 is 9.18 Å². The van der Waals surface area contributed by atoms with Crippen molar-refractivity contribution >= 4 is 17.6 Å². The molecular weight excluding hydrogens is 281 g/mol. The summed E-state index contributed by atoms with van der Waals surface area (Å²) >= 11 is 0. The molecule has 0 aromatic heterocycles. The fourth-order valence-corrected chi connectivity index (χ4v) is 3.34. The Bertz CT molecular complexity index is 761. The monoisotopic (exact) mass is 295 g/mol. The van der Waals surface area contributed by atoms with Crippen molar-refractivity contribution in [3.05, 3.63) is 65.8 Å². The van der Waals surface area contributed by atoms with Crippen LogP contribution in [0, 0.1) is 11.2 Å². The zero-order chi connectivity index (χ0) is 15.2. The van der Waals surface area contributed by atoms with E-state index in [9.17, 15) is 9.18 Å². The highest BCUT2D eigenvalue weighted by atomic mass is 19.1. The fourth-order valence-electron chi connectivity index (χ4n) is 3.34. The second-order valence-corrected chi connectivity index (χ2v) is 5.54. The van der Waals surface area contributed by atoms with Gasteiger partial charge >= 0.3 is 0 Å². The van der Waals surface area contributed by atoms with E-state index in [1.807, 2.05) is 18.4 Å². The highest BCUT2D eigenvalue weighted by molar-refractivity contribution is 6.30. The summed E-state index contributed by atoms with van der Waals surface area (Å²) < 4.78 is 13.2. The number of hydrogen-bond acceptors (Lipinski definition) is 4. The Balaban J connectivity index is 1.95. The lowest BCUT2D eigenvalue weighted by atomic mass is 9.77. The SMILES string of the molecule is O=C1C(c2ccc(F)cc2)=C2C=CN=CC23C=CNCNC13. The lowest BCUT2D eigenvalue weighted by molar-refractivity contribution is -0.115. The fraction of sp³-hybridized carbons (Fsp3) is 0.176. The highest BCUT2D eigenvalue weighted by Gasteiger charge is 2.51. The quantitative estimate of drug-likeness (QED) is 0.830. The second-order valence-electron chi connectivity index (χ2n) is 5.54. The number of nitrogens with zero attached hydrogens (tertiary/aromatic N) is 1. The predicted octanol–water partition coefficient (Wildman–Crippen LogP) is 1.78. The smallest absolute Gasteiger partial charge is 0.182 e. The van der Waals surface area contributed by atoms with Gasteiger partial charge in [0.15, 0.2) is 5.78 Å². The second kappa shape index (κ2) is 4.74. The number of Topliss-reactive ketones (excluding diaryl/α,β-unsaturated/α-hetero) is 1. The first-order valence-electron chi connectivity index (χ1n) is 7.13. The first-order chi connectivity index (χ1) is 10.7. The highest BCUT2D eigenvalue weighted by Crippen LogP contribution is 2.47.